The van der Waals surface area contributed by atoms with Crippen LogP contribution >= 0.6 is 0 Å². The number of methoxy groups -OCH3 is 3. The van der Waals surface area contributed by atoms with Crippen LogP contribution in [0.25, 0.3) is 5.65 Å². The molecule has 0 aliphatic heterocycles. The number of ether oxygens (including phenoxy) is 3. The Balaban J connectivity index is 1.80. The molecule has 0 fully saturated rings. The molecule has 0 saturated heterocycles. The molecule has 1 N–H and O–H groups in total. The minimum atomic E-state index is 0.532. The molecule has 124 valence electrons. The van der Waals surface area contributed by atoms with Gasteiger partial charge in [-0.25, -0.2) is 0 Å². The SMILES string of the molecule is COc1cc(/C=N/Nc2ccc3nncn3n2)cc(OC)c1OC. The summed E-state index contributed by atoms with van der Waals surface area (Å²) in [5, 5.41) is 16.1. The molecule has 0 radical (unpaired) electrons. The fraction of sp³-hybridized carbons (Fsp3) is 0.200. The van der Waals surface area contributed by atoms with Crippen LogP contribution in [-0.4, -0.2) is 47.4 Å². The van der Waals surface area contributed by atoms with Crippen LogP contribution in [0, 0.1) is 0 Å². The second kappa shape index (κ2) is 6.82. The van der Waals surface area contributed by atoms with E-state index in [1.807, 2.05) is 0 Å². The lowest BCUT2D eigenvalue weighted by molar-refractivity contribution is 0.324. The number of nitrogens with one attached hydrogen (secondary N) is 1. The van der Waals surface area contributed by atoms with Crippen molar-refractivity contribution in [3.05, 3.63) is 36.2 Å². The average Bonchev–Trinajstić information content (AvgIpc) is 3.08. The van der Waals surface area contributed by atoms with E-state index in [0.29, 0.717) is 28.7 Å². The second-order valence-corrected chi connectivity index (χ2v) is 4.68. The van der Waals surface area contributed by atoms with Gasteiger partial charge in [-0.3, -0.25) is 5.43 Å². The van der Waals surface area contributed by atoms with Crippen molar-refractivity contribution >= 4 is 17.7 Å². The number of hydrogen-bond acceptors (Lipinski definition) is 8. The van der Waals surface area contributed by atoms with Crippen molar-refractivity contribution in [3.8, 4) is 17.2 Å². The quantitative estimate of drug-likeness (QED) is 0.542. The van der Waals surface area contributed by atoms with Crippen molar-refractivity contribution in [2.24, 2.45) is 5.10 Å². The van der Waals surface area contributed by atoms with Crippen molar-refractivity contribution in [2.45, 2.75) is 0 Å². The number of fused-ring (bicyclic) bond motifs is 1. The molecule has 1 aromatic carbocycles. The molecule has 9 heteroatoms. The molecule has 0 atom stereocenters. The maximum Gasteiger partial charge on any atom is 0.203 e. The maximum atomic E-state index is 5.31. The topological polar surface area (TPSA) is 95.2 Å². The fourth-order valence-corrected chi connectivity index (χ4v) is 2.14. The smallest absolute Gasteiger partial charge is 0.203 e. The summed E-state index contributed by atoms with van der Waals surface area (Å²) in [6, 6.07) is 7.14. The van der Waals surface area contributed by atoms with Crippen LogP contribution in [-0.2, 0) is 0 Å². The van der Waals surface area contributed by atoms with E-state index >= 15 is 0 Å². The number of rotatable bonds is 6. The van der Waals surface area contributed by atoms with Gasteiger partial charge in [0.25, 0.3) is 0 Å². The fourth-order valence-electron chi connectivity index (χ4n) is 2.14. The van der Waals surface area contributed by atoms with Gasteiger partial charge < -0.3 is 14.2 Å². The summed E-state index contributed by atoms with van der Waals surface area (Å²) in [5.41, 5.74) is 4.29. The van der Waals surface area contributed by atoms with Gasteiger partial charge in [0.2, 0.25) is 5.75 Å². The Labute approximate surface area is 137 Å². The van der Waals surface area contributed by atoms with E-state index < -0.39 is 0 Å². The standard InChI is InChI=1S/C15H16N6O3/c1-22-11-6-10(7-12(23-2)15(11)24-3)8-16-18-13-4-5-14-19-17-9-21(14)20-13/h4-9H,1-3H3,(H,18,20)/b16-8+. The third kappa shape index (κ3) is 3.05. The van der Waals surface area contributed by atoms with E-state index in [2.05, 4.69) is 25.8 Å². The third-order valence-electron chi connectivity index (χ3n) is 3.24. The molecular weight excluding hydrogens is 312 g/mol. The Morgan fingerprint density at radius 1 is 1.08 bits per heavy atom. The summed E-state index contributed by atoms with van der Waals surface area (Å²) >= 11 is 0. The molecule has 0 aliphatic rings. The largest absolute Gasteiger partial charge is 0.493 e. The number of aromatic nitrogens is 4. The van der Waals surface area contributed by atoms with Crippen LogP contribution < -0.4 is 19.6 Å². The van der Waals surface area contributed by atoms with Gasteiger partial charge in [-0.1, -0.05) is 0 Å². The molecular formula is C15H16N6O3. The molecule has 2 aromatic heterocycles. The van der Waals surface area contributed by atoms with E-state index in [1.54, 1.807) is 56.3 Å². The lowest BCUT2D eigenvalue weighted by atomic mass is 10.2. The maximum absolute atomic E-state index is 5.31. The summed E-state index contributed by atoms with van der Waals surface area (Å²) in [4.78, 5) is 0. The van der Waals surface area contributed by atoms with E-state index in [9.17, 15) is 0 Å². The molecule has 3 aromatic rings. The van der Waals surface area contributed by atoms with Gasteiger partial charge in [0.05, 0.1) is 27.5 Å². The molecule has 0 amide bonds. The van der Waals surface area contributed by atoms with Gasteiger partial charge in [0.1, 0.15) is 6.33 Å². The van der Waals surface area contributed by atoms with Crippen LogP contribution in [0.4, 0.5) is 5.82 Å². The van der Waals surface area contributed by atoms with Crippen LogP contribution in [0.2, 0.25) is 0 Å². The Morgan fingerprint density at radius 3 is 2.50 bits per heavy atom. The van der Waals surface area contributed by atoms with Crippen molar-refractivity contribution in [1.82, 2.24) is 19.8 Å². The number of hydrogen-bond donors (Lipinski definition) is 1. The molecule has 0 spiro atoms. The zero-order valence-corrected chi connectivity index (χ0v) is 13.4. The number of anilines is 1. The monoisotopic (exact) mass is 328 g/mol. The summed E-state index contributed by atoms with van der Waals surface area (Å²) in [6.07, 6.45) is 3.14. The highest BCUT2D eigenvalue weighted by Gasteiger charge is 2.12. The highest BCUT2D eigenvalue weighted by Crippen LogP contribution is 2.37. The number of nitrogens with zero attached hydrogens (tertiary/aromatic N) is 5. The van der Waals surface area contributed by atoms with Crippen molar-refractivity contribution in [3.63, 3.8) is 0 Å². The van der Waals surface area contributed by atoms with E-state index in [-0.39, 0.29) is 0 Å². The molecule has 0 unspecified atom stereocenters. The van der Waals surface area contributed by atoms with Crippen molar-refractivity contribution < 1.29 is 14.2 Å². The van der Waals surface area contributed by atoms with Gasteiger partial charge >= 0.3 is 0 Å². The molecule has 0 aliphatic carbocycles. The van der Waals surface area contributed by atoms with Crippen LogP contribution in [0.15, 0.2) is 35.7 Å². The molecule has 0 bridgehead atoms. The number of benzene rings is 1. The lowest BCUT2D eigenvalue weighted by Gasteiger charge is -2.12. The summed E-state index contributed by atoms with van der Waals surface area (Å²) in [6.45, 7) is 0. The van der Waals surface area contributed by atoms with Gasteiger partial charge in [-0.05, 0) is 24.3 Å². The second-order valence-electron chi connectivity index (χ2n) is 4.68. The van der Waals surface area contributed by atoms with Crippen LogP contribution in [0.5, 0.6) is 17.2 Å². The average molecular weight is 328 g/mol. The van der Waals surface area contributed by atoms with E-state index in [0.717, 1.165) is 5.56 Å². The molecule has 3 rings (SSSR count). The molecule has 0 saturated carbocycles. The molecule has 24 heavy (non-hydrogen) atoms. The van der Waals surface area contributed by atoms with Crippen molar-refractivity contribution in [1.29, 1.82) is 0 Å². The zero-order valence-electron chi connectivity index (χ0n) is 13.4. The predicted octanol–water partition coefficient (Wildman–Crippen LogP) is 1.60. The normalized spacial score (nSPS) is 11.0. The van der Waals surface area contributed by atoms with Gasteiger partial charge in [0.15, 0.2) is 23.0 Å². The Morgan fingerprint density at radius 2 is 1.83 bits per heavy atom. The van der Waals surface area contributed by atoms with Gasteiger partial charge in [0, 0.05) is 5.56 Å². The van der Waals surface area contributed by atoms with Gasteiger partial charge in [-0.15, -0.1) is 15.3 Å². The van der Waals surface area contributed by atoms with Gasteiger partial charge in [-0.2, -0.15) is 9.62 Å². The summed E-state index contributed by atoms with van der Waals surface area (Å²) < 4.78 is 17.5. The molecule has 9 nitrogen and oxygen atoms in total. The lowest BCUT2D eigenvalue weighted by Crippen LogP contribution is -1.99. The Hall–Kier alpha value is -3.36. The molecule has 2 heterocycles. The Kier molecular flexibility index (Phi) is 4.41. The third-order valence-corrected chi connectivity index (χ3v) is 3.24. The minimum absolute atomic E-state index is 0.532. The van der Waals surface area contributed by atoms with Crippen molar-refractivity contribution in [2.75, 3.05) is 26.8 Å². The van der Waals surface area contributed by atoms with Crippen LogP contribution in [0.1, 0.15) is 5.56 Å². The van der Waals surface area contributed by atoms with Crippen LogP contribution in [0.3, 0.4) is 0 Å². The predicted molar refractivity (Wildman–Crippen MR) is 88.1 cm³/mol. The highest BCUT2D eigenvalue weighted by atomic mass is 16.5. The minimum Gasteiger partial charge on any atom is -0.493 e. The van der Waals surface area contributed by atoms with E-state index in [1.165, 1.54) is 6.33 Å². The first-order chi connectivity index (χ1) is 11.7. The first-order valence-electron chi connectivity index (χ1n) is 7.01. The van der Waals surface area contributed by atoms with E-state index in [4.69, 9.17) is 14.2 Å². The highest BCUT2D eigenvalue weighted by molar-refractivity contribution is 5.83. The first kappa shape index (κ1) is 15.5. The first-order valence-corrected chi connectivity index (χ1v) is 7.01. The summed E-state index contributed by atoms with van der Waals surface area (Å²) in [7, 11) is 4.69. The summed E-state index contributed by atoms with van der Waals surface area (Å²) in [5.74, 6) is 2.21. The zero-order chi connectivity index (χ0) is 16.9. The Bertz CT molecular complexity index is 852. The number of hydrazone groups is 1.